The maximum absolute atomic E-state index is 13.1. The molecule has 1 saturated heterocycles. The van der Waals surface area contributed by atoms with E-state index in [1.807, 2.05) is 41.3 Å². The fourth-order valence-electron chi connectivity index (χ4n) is 3.12. The predicted molar refractivity (Wildman–Crippen MR) is 105 cm³/mol. The van der Waals surface area contributed by atoms with Crippen LogP contribution in [-0.4, -0.2) is 26.5 Å². The first kappa shape index (κ1) is 17.5. The third-order valence-electron chi connectivity index (χ3n) is 4.52. The van der Waals surface area contributed by atoms with Crippen molar-refractivity contribution >= 4 is 27.9 Å². The summed E-state index contributed by atoms with van der Waals surface area (Å²) in [7, 11) is -3.75. The quantitative estimate of drug-likeness (QED) is 0.661. The van der Waals surface area contributed by atoms with Crippen molar-refractivity contribution in [2.75, 3.05) is 18.0 Å². The zero-order chi connectivity index (χ0) is 18.7. The van der Waals surface area contributed by atoms with E-state index in [1.165, 1.54) is 0 Å². The summed E-state index contributed by atoms with van der Waals surface area (Å²) in [5, 5.41) is -0.0108. The number of nitrogens with zero attached hydrogens (tertiary/aromatic N) is 2. The molecule has 1 aliphatic heterocycles. The molecule has 2 heterocycles. The topological polar surface area (TPSA) is 63.4 Å². The lowest BCUT2D eigenvalue weighted by Crippen LogP contribution is -2.19. The van der Waals surface area contributed by atoms with E-state index in [9.17, 15) is 8.42 Å². The van der Waals surface area contributed by atoms with Gasteiger partial charge in [-0.05, 0) is 36.6 Å². The number of anilines is 1. The van der Waals surface area contributed by atoms with E-state index in [-0.39, 0.29) is 15.8 Å². The van der Waals surface area contributed by atoms with Gasteiger partial charge in [0.1, 0.15) is 0 Å². The van der Waals surface area contributed by atoms with E-state index >= 15 is 0 Å². The molecular formula is C21H20N2O3S. The van der Waals surface area contributed by atoms with Gasteiger partial charge in [0.25, 0.3) is 0 Å². The maximum atomic E-state index is 13.1. The number of rotatable bonds is 5. The van der Waals surface area contributed by atoms with E-state index in [2.05, 4.69) is 4.98 Å². The number of benzene rings is 2. The lowest BCUT2D eigenvalue weighted by molar-refractivity contribution is 0.534. The van der Waals surface area contributed by atoms with E-state index in [1.54, 1.807) is 36.4 Å². The van der Waals surface area contributed by atoms with Gasteiger partial charge in [-0.2, -0.15) is 4.98 Å². The molecule has 0 aliphatic carbocycles. The third kappa shape index (κ3) is 3.66. The molecule has 0 bridgehead atoms. The second-order valence-electron chi connectivity index (χ2n) is 6.42. The number of hydrogen-bond donors (Lipinski definition) is 0. The highest BCUT2D eigenvalue weighted by atomic mass is 32.2. The van der Waals surface area contributed by atoms with Crippen LogP contribution in [0.2, 0.25) is 0 Å². The molecule has 0 N–H and O–H groups in total. The van der Waals surface area contributed by atoms with Crippen LogP contribution >= 0.6 is 0 Å². The molecule has 27 heavy (non-hydrogen) atoms. The van der Waals surface area contributed by atoms with Crippen LogP contribution < -0.4 is 4.90 Å². The first-order chi connectivity index (χ1) is 13.1. The fourth-order valence-corrected chi connectivity index (χ4v) is 4.47. The average Bonchev–Trinajstić information content (AvgIpc) is 3.38. The van der Waals surface area contributed by atoms with Crippen LogP contribution in [0, 0.1) is 0 Å². The molecule has 1 aliphatic rings. The van der Waals surface area contributed by atoms with E-state index in [0.717, 1.165) is 31.5 Å². The van der Waals surface area contributed by atoms with Crippen molar-refractivity contribution in [1.29, 1.82) is 0 Å². The molecule has 5 nitrogen and oxygen atoms in total. The first-order valence-corrected chi connectivity index (χ1v) is 10.4. The second-order valence-corrected chi connectivity index (χ2v) is 8.28. The summed E-state index contributed by atoms with van der Waals surface area (Å²) in [4.78, 5) is 6.52. The first-order valence-electron chi connectivity index (χ1n) is 8.94. The normalized spacial score (nSPS) is 14.9. The van der Waals surface area contributed by atoms with Crippen molar-refractivity contribution in [3.8, 4) is 0 Å². The Bertz CT molecular complexity index is 1040. The van der Waals surface area contributed by atoms with Crippen LogP contribution in [0.3, 0.4) is 0 Å². The summed E-state index contributed by atoms with van der Waals surface area (Å²) < 4.78 is 32.1. The van der Waals surface area contributed by atoms with Crippen LogP contribution in [0.5, 0.6) is 0 Å². The summed E-state index contributed by atoms with van der Waals surface area (Å²) >= 11 is 0. The zero-order valence-corrected chi connectivity index (χ0v) is 15.6. The van der Waals surface area contributed by atoms with Gasteiger partial charge in [0.05, 0.1) is 4.90 Å². The number of oxazole rings is 1. The number of sulfone groups is 1. The van der Waals surface area contributed by atoms with Crippen molar-refractivity contribution < 1.29 is 12.8 Å². The monoisotopic (exact) mass is 380 g/mol. The molecule has 2 aromatic carbocycles. The van der Waals surface area contributed by atoms with Crippen molar-refractivity contribution in [2.45, 2.75) is 22.8 Å². The van der Waals surface area contributed by atoms with Crippen molar-refractivity contribution in [2.24, 2.45) is 0 Å². The van der Waals surface area contributed by atoms with Gasteiger partial charge in [-0.25, -0.2) is 8.42 Å². The van der Waals surface area contributed by atoms with Crippen molar-refractivity contribution in [3.05, 3.63) is 72.1 Å². The van der Waals surface area contributed by atoms with Gasteiger partial charge < -0.3 is 9.32 Å². The molecule has 1 aromatic heterocycles. The van der Waals surface area contributed by atoms with Gasteiger partial charge in [-0.15, -0.1) is 0 Å². The van der Waals surface area contributed by atoms with Gasteiger partial charge in [-0.1, -0.05) is 48.5 Å². The Morgan fingerprint density at radius 3 is 2.19 bits per heavy atom. The Morgan fingerprint density at radius 1 is 0.889 bits per heavy atom. The Balaban J connectivity index is 1.76. The Morgan fingerprint density at radius 2 is 1.52 bits per heavy atom. The Hall–Kier alpha value is -2.86. The summed E-state index contributed by atoms with van der Waals surface area (Å²) in [6, 6.07) is 18.1. The molecule has 138 valence electrons. The minimum atomic E-state index is -3.75. The molecule has 0 amide bonds. The van der Waals surface area contributed by atoms with Crippen LogP contribution in [0.25, 0.3) is 12.2 Å². The average molecular weight is 380 g/mol. The van der Waals surface area contributed by atoms with Crippen molar-refractivity contribution in [1.82, 2.24) is 4.98 Å². The highest BCUT2D eigenvalue weighted by Crippen LogP contribution is 2.33. The van der Waals surface area contributed by atoms with Gasteiger partial charge in [-0.3, -0.25) is 0 Å². The van der Waals surface area contributed by atoms with E-state index in [0.29, 0.717) is 5.88 Å². The highest BCUT2D eigenvalue weighted by molar-refractivity contribution is 7.91. The molecular weight excluding hydrogens is 360 g/mol. The molecule has 6 heteroatoms. The maximum Gasteiger partial charge on any atom is 0.236 e. The van der Waals surface area contributed by atoms with Crippen LogP contribution in [0.4, 0.5) is 5.88 Å². The highest BCUT2D eigenvalue weighted by Gasteiger charge is 2.31. The van der Waals surface area contributed by atoms with Crippen LogP contribution in [0.1, 0.15) is 24.3 Å². The van der Waals surface area contributed by atoms with E-state index < -0.39 is 9.84 Å². The standard InChI is InChI=1S/C21H20N2O3S/c24-27(25,18-11-5-2-6-12-18)20-21(23-15-7-8-16-23)26-19(22-20)14-13-17-9-3-1-4-10-17/h1-6,9-14H,7-8,15-16H2/b14-13+. The van der Waals surface area contributed by atoms with E-state index in [4.69, 9.17) is 4.42 Å². The molecule has 0 unspecified atom stereocenters. The van der Waals surface area contributed by atoms with Crippen molar-refractivity contribution in [3.63, 3.8) is 0 Å². The molecule has 0 saturated carbocycles. The molecule has 4 rings (SSSR count). The van der Waals surface area contributed by atoms with Crippen LogP contribution in [0.15, 0.2) is 75.0 Å². The van der Waals surface area contributed by atoms with Gasteiger partial charge in [0.15, 0.2) is 0 Å². The molecule has 0 radical (unpaired) electrons. The molecule has 0 atom stereocenters. The summed E-state index contributed by atoms with van der Waals surface area (Å²) in [6.45, 7) is 1.54. The lowest BCUT2D eigenvalue weighted by Gasteiger charge is -2.14. The molecule has 1 fully saturated rings. The minimum absolute atomic E-state index is 0.0108. The molecule has 3 aromatic rings. The Labute approximate surface area is 158 Å². The summed E-state index contributed by atoms with van der Waals surface area (Å²) in [5.74, 6) is 0.624. The van der Waals surface area contributed by atoms with Gasteiger partial charge >= 0.3 is 0 Å². The fraction of sp³-hybridized carbons (Fsp3) is 0.190. The predicted octanol–water partition coefficient (Wildman–Crippen LogP) is 4.28. The lowest BCUT2D eigenvalue weighted by atomic mass is 10.2. The smallest absolute Gasteiger partial charge is 0.236 e. The zero-order valence-electron chi connectivity index (χ0n) is 14.8. The third-order valence-corrected chi connectivity index (χ3v) is 6.18. The van der Waals surface area contributed by atoms with Gasteiger partial charge in [0, 0.05) is 19.2 Å². The van der Waals surface area contributed by atoms with Gasteiger partial charge in [0.2, 0.25) is 26.6 Å². The number of hydrogen-bond acceptors (Lipinski definition) is 5. The summed E-state index contributed by atoms with van der Waals surface area (Å²) in [5.41, 5.74) is 0.992. The number of aromatic nitrogens is 1. The van der Waals surface area contributed by atoms with Crippen LogP contribution in [-0.2, 0) is 9.84 Å². The minimum Gasteiger partial charge on any atom is -0.420 e. The largest absolute Gasteiger partial charge is 0.420 e. The summed E-state index contributed by atoms with van der Waals surface area (Å²) in [6.07, 6.45) is 5.60. The molecule has 0 spiro atoms. The SMILES string of the molecule is O=S(=O)(c1ccccc1)c1nc(/C=C/c2ccccc2)oc1N1CCCC1. The second kappa shape index (κ2) is 7.40. The Kier molecular flexibility index (Phi) is 4.81.